The zero-order valence-corrected chi connectivity index (χ0v) is 25.0. The van der Waals surface area contributed by atoms with E-state index in [0.29, 0.717) is 30.2 Å². The average molecular weight is 625 g/mol. The number of carbonyl (C=O) groups is 3. The smallest absolute Gasteiger partial charge is 0.251 e. The van der Waals surface area contributed by atoms with Crippen LogP contribution in [0.4, 0.5) is 5.69 Å². The molecule has 1 N–H and O–H groups in total. The van der Waals surface area contributed by atoms with E-state index in [2.05, 4.69) is 29.1 Å². The van der Waals surface area contributed by atoms with Crippen molar-refractivity contribution in [2.75, 3.05) is 37.7 Å². The minimum atomic E-state index is -0.852. The van der Waals surface area contributed by atoms with Crippen molar-refractivity contribution >= 4 is 62.7 Å². The van der Waals surface area contributed by atoms with Crippen LogP contribution in [0.5, 0.6) is 0 Å². The van der Waals surface area contributed by atoms with Crippen molar-refractivity contribution in [1.82, 2.24) is 9.80 Å². The first kappa shape index (κ1) is 29.2. The number of aliphatic hydroxyl groups is 1. The van der Waals surface area contributed by atoms with Crippen molar-refractivity contribution in [2.24, 2.45) is 11.8 Å². The number of para-hydroxylation sites is 1. The van der Waals surface area contributed by atoms with E-state index in [4.69, 9.17) is 11.6 Å². The minimum absolute atomic E-state index is 0.0152. The molecule has 1 spiro atoms. The van der Waals surface area contributed by atoms with Crippen molar-refractivity contribution < 1.29 is 19.5 Å². The number of benzene rings is 1. The van der Waals surface area contributed by atoms with Crippen molar-refractivity contribution in [2.45, 2.75) is 47.6 Å². The number of halogens is 2. The summed E-state index contributed by atoms with van der Waals surface area (Å²) in [4.78, 5) is 47.4. The summed E-state index contributed by atoms with van der Waals surface area (Å²) in [7, 11) is 0. The first-order valence-corrected chi connectivity index (χ1v) is 15.2. The van der Waals surface area contributed by atoms with Crippen LogP contribution in [0.25, 0.3) is 0 Å². The number of fused-ring (bicyclic) bond motifs is 1. The molecule has 1 aromatic rings. The molecule has 38 heavy (non-hydrogen) atoms. The molecule has 3 fully saturated rings. The fourth-order valence-electron chi connectivity index (χ4n) is 6.50. The predicted octanol–water partition coefficient (Wildman–Crippen LogP) is 4.05. The third-order valence-corrected chi connectivity index (χ3v) is 11.4. The Morgan fingerprint density at radius 2 is 2.00 bits per heavy atom. The highest BCUT2D eigenvalue weighted by molar-refractivity contribution is 9.09. The van der Waals surface area contributed by atoms with Crippen LogP contribution in [-0.4, -0.2) is 86.3 Å². The van der Waals surface area contributed by atoms with Gasteiger partial charge in [0.15, 0.2) is 0 Å². The van der Waals surface area contributed by atoms with Gasteiger partial charge in [0.2, 0.25) is 11.8 Å². The monoisotopic (exact) mass is 623 g/mol. The van der Waals surface area contributed by atoms with Crippen LogP contribution in [0.15, 0.2) is 43.5 Å². The molecule has 3 unspecified atom stereocenters. The summed E-state index contributed by atoms with van der Waals surface area (Å²) in [5.74, 6) is -1.81. The first-order valence-electron chi connectivity index (χ1n) is 13.0. The summed E-state index contributed by atoms with van der Waals surface area (Å²) in [6.07, 6.45) is 4.70. The van der Waals surface area contributed by atoms with Crippen LogP contribution in [0.3, 0.4) is 0 Å². The van der Waals surface area contributed by atoms with Gasteiger partial charge in [-0.2, -0.15) is 0 Å². The summed E-state index contributed by atoms with van der Waals surface area (Å²) < 4.78 is -0.802. The second-order valence-corrected chi connectivity index (χ2v) is 13.3. The van der Waals surface area contributed by atoms with Gasteiger partial charge in [-0.3, -0.25) is 14.4 Å². The average Bonchev–Trinajstić information content (AvgIpc) is 3.46. The van der Waals surface area contributed by atoms with Crippen LogP contribution in [0, 0.1) is 18.8 Å². The van der Waals surface area contributed by atoms with Gasteiger partial charge in [0, 0.05) is 36.3 Å². The quantitative estimate of drug-likeness (QED) is 0.297. The van der Waals surface area contributed by atoms with Crippen molar-refractivity contribution in [3.8, 4) is 0 Å². The highest BCUT2D eigenvalue weighted by Crippen LogP contribution is 2.68. The number of aryl methyl sites for hydroxylation is 1. The number of hydrogen-bond donors (Lipinski definition) is 1. The molecule has 1 aromatic carbocycles. The Labute approximate surface area is 242 Å². The van der Waals surface area contributed by atoms with Gasteiger partial charge >= 0.3 is 0 Å². The lowest BCUT2D eigenvalue weighted by molar-refractivity contribution is -0.144. The highest BCUT2D eigenvalue weighted by Gasteiger charge is 2.76. The van der Waals surface area contributed by atoms with Crippen molar-refractivity contribution in [3.05, 3.63) is 54.1 Å². The highest BCUT2D eigenvalue weighted by atomic mass is 79.9. The summed E-state index contributed by atoms with van der Waals surface area (Å²) in [5.41, 5.74) is 1.41. The van der Waals surface area contributed by atoms with Gasteiger partial charge in [-0.25, -0.2) is 0 Å². The molecule has 0 radical (unpaired) electrons. The Bertz CT molecular complexity index is 1120. The summed E-state index contributed by atoms with van der Waals surface area (Å²) in [6, 6.07) is 4.60. The molecule has 2 bridgehead atoms. The maximum Gasteiger partial charge on any atom is 0.251 e. The van der Waals surface area contributed by atoms with Crippen LogP contribution in [0.2, 0.25) is 5.02 Å². The lowest BCUT2D eigenvalue weighted by atomic mass is 9.70. The van der Waals surface area contributed by atoms with Crippen LogP contribution in [0.1, 0.15) is 25.3 Å². The number of carbonyl (C=O) groups excluding carboxylic acids is 3. The van der Waals surface area contributed by atoms with E-state index in [-0.39, 0.29) is 47.5 Å². The zero-order chi connectivity index (χ0) is 27.8. The molecule has 0 aromatic heterocycles. The molecule has 3 amide bonds. The summed E-state index contributed by atoms with van der Waals surface area (Å²) >= 11 is 12.0. The maximum absolute atomic E-state index is 14.5. The fourth-order valence-corrected chi connectivity index (χ4v) is 10.4. The number of nitrogens with zero attached hydrogens (tertiary/aromatic N) is 3. The first-order chi connectivity index (χ1) is 18.2. The van der Waals surface area contributed by atoms with E-state index < -0.39 is 22.6 Å². The van der Waals surface area contributed by atoms with E-state index in [1.165, 1.54) is 4.90 Å². The largest absolute Gasteiger partial charge is 0.395 e. The summed E-state index contributed by atoms with van der Waals surface area (Å²) in [5, 5.41) is 10.2. The van der Waals surface area contributed by atoms with Crippen LogP contribution < -0.4 is 4.90 Å². The van der Waals surface area contributed by atoms with Crippen LogP contribution >= 0.6 is 39.3 Å². The molecule has 0 aliphatic carbocycles. The molecule has 3 aliphatic heterocycles. The Kier molecular flexibility index (Phi) is 9.02. The number of thioether (sulfide) groups is 1. The van der Waals surface area contributed by atoms with E-state index in [1.54, 1.807) is 39.8 Å². The molecular formula is C28H35BrClN3O4S. The van der Waals surface area contributed by atoms with Crippen molar-refractivity contribution in [1.29, 1.82) is 0 Å². The number of likely N-dealkylation sites (tertiary alicyclic amines) is 1. The number of amides is 3. The van der Waals surface area contributed by atoms with E-state index in [0.717, 1.165) is 12.0 Å². The molecule has 3 aliphatic rings. The standard InChI is InChI=1S/C28H35BrClN3O4S/c1-5-11-31(12-6-2)25(35)20-21-26(36)33(14-15-34)24(28(21)16-18(29)23(20)38-28)27(37)32(13-7-3)22-17(4)9-8-10-19(22)30/h5,7-10,18,20-21,23-24,34H,1,3,6,11-16H2,2,4H3/t18?,20-,21+,23-,24?,28?/m1/s1. The van der Waals surface area contributed by atoms with Gasteiger partial charge in [-0.05, 0) is 31.4 Å². The second-order valence-electron chi connectivity index (χ2n) is 10.1. The predicted molar refractivity (Wildman–Crippen MR) is 157 cm³/mol. The molecule has 3 heterocycles. The van der Waals surface area contributed by atoms with Gasteiger partial charge in [0.05, 0.1) is 33.9 Å². The maximum atomic E-state index is 14.5. The van der Waals surface area contributed by atoms with Gasteiger partial charge in [-0.1, -0.05) is 58.7 Å². The topological polar surface area (TPSA) is 81.2 Å². The van der Waals surface area contributed by atoms with E-state index in [1.807, 2.05) is 26.0 Å². The number of β-amino-alcohol motifs (C(OH)–C–C–N with tert-alkyl or cyclic N) is 1. The lowest BCUT2D eigenvalue weighted by Gasteiger charge is -2.38. The molecule has 10 heteroatoms. The normalized spacial score (nSPS) is 29.3. The third-order valence-electron chi connectivity index (χ3n) is 7.84. The Morgan fingerprint density at radius 3 is 2.61 bits per heavy atom. The molecule has 6 atom stereocenters. The number of alkyl halides is 1. The molecule has 4 rings (SSSR count). The van der Waals surface area contributed by atoms with Gasteiger partial charge in [0.25, 0.3) is 5.91 Å². The third kappa shape index (κ3) is 4.63. The van der Waals surface area contributed by atoms with Crippen molar-refractivity contribution in [3.63, 3.8) is 0 Å². The molecule has 0 saturated carbocycles. The number of aliphatic hydroxyl groups excluding tert-OH is 1. The number of hydrogen-bond acceptors (Lipinski definition) is 5. The Hall–Kier alpha value is -1.81. The SMILES string of the molecule is C=CCN(CCC)C(=O)[C@H]1[C@@H]2SC3(CC2Br)C(C(=O)N(CC=C)c2c(C)cccc2Cl)N(CCO)C(=O)[C@H]13. The number of rotatable bonds is 11. The molecular weight excluding hydrogens is 590 g/mol. The number of anilines is 1. The molecule has 3 saturated heterocycles. The zero-order valence-electron chi connectivity index (χ0n) is 21.8. The van der Waals surface area contributed by atoms with Gasteiger partial charge in [0.1, 0.15) is 6.04 Å². The van der Waals surface area contributed by atoms with Crippen LogP contribution in [-0.2, 0) is 14.4 Å². The Balaban J connectivity index is 1.81. The van der Waals surface area contributed by atoms with E-state index in [9.17, 15) is 19.5 Å². The summed E-state index contributed by atoms with van der Waals surface area (Å²) in [6.45, 7) is 12.5. The molecule has 206 valence electrons. The fraction of sp³-hybridized carbons (Fsp3) is 0.536. The second kappa shape index (κ2) is 11.7. The van der Waals surface area contributed by atoms with Gasteiger partial charge < -0.3 is 19.8 Å². The van der Waals surface area contributed by atoms with Gasteiger partial charge in [-0.15, -0.1) is 24.9 Å². The Morgan fingerprint density at radius 1 is 1.29 bits per heavy atom. The minimum Gasteiger partial charge on any atom is -0.395 e. The molecule has 7 nitrogen and oxygen atoms in total. The lowest BCUT2D eigenvalue weighted by Crippen LogP contribution is -2.56. The van der Waals surface area contributed by atoms with E-state index >= 15 is 0 Å².